The molecule has 1 heterocycles. The highest BCUT2D eigenvalue weighted by Crippen LogP contribution is 2.36. The fraction of sp³-hybridized carbons (Fsp3) is 0.0588. The molecule has 1 saturated heterocycles. The molecule has 0 bridgehead atoms. The van der Waals surface area contributed by atoms with Crippen LogP contribution in [0.3, 0.4) is 0 Å². The zero-order chi connectivity index (χ0) is 17.3. The topological polar surface area (TPSA) is 81.9 Å². The van der Waals surface area contributed by atoms with Gasteiger partial charge in [0.1, 0.15) is 0 Å². The number of aliphatic imine (C=N–C) groups is 1. The largest absolute Gasteiger partial charge is 0.504 e. The zero-order valence-corrected chi connectivity index (χ0v) is 14.1. The van der Waals surface area contributed by atoms with Crippen molar-refractivity contribution in [2.24, 2.45) is 4.99 Å². The van der Waals surface area contributed by atoms with Crippen molar-refractivity contribution in [3.05, 3.63) is 57.5 Å². The van der Waals surface area contributed by atoms with Crippen molar-refractivity contribution in [1.82, 2.24) is 5.32 Å². The fourth-order valence-corrected chi connectivity index (χ4v) is 3.20. The minimum Gasteiger partial charge on any atom is -0.504 e. The number of hydrogen-bond donors (Lipinski definition) is 3. The molecule has 7 heteroatoms. The standard InChI is InChI=1S/C17H13ClN2O3S/c1-9-3-2-4-11(5-9)19-17-20-16(23)14(24-17)8-10-6-12(18)15(22)13(21)7-10/h2-8,21-22H,1H3,(H,19,20,23)/b14-8+. The van der Waals surface area contributed by atoms with Crippen LogP contribution in [-0.4, -0.2) is 21.3 Å². The van der Waals surface area contributed by atoms with Gasteiger partial charge in [-0.2, -0.15) is 0 Å². The molecule has 1 fully saturated rings. The van der Waals surface area contributed by atoms with Crippen molar-refractivity contribution in [1.29, 1.82) is 0 Å². The van der Waals surface area contributed by atoms with E-state index >= 15 is 0 Å². The van der Waals surface area contributed by atoms with Crippen LogP contribution in [0.1, 0.15) is 11.1 Å². The lowest BCUT2D eigenvalue weighted by molar-refractivity contribution is -0.115. The lowest BCUT2D eigenvalue weighted by Crippen LogP contribution is -2.19. The first-order valence-corrected chi connectivity index (χ1v) is 8.19. The monoisotopic (exact) mass is 360 g/mol. The maximum Gasteiger partial charge on any atom is 0.264 e. The molecule has 1 amide bonds. The van der Waals surface area contributed by atoms with Gasteiger partial charge in [-0.15, -0.1) is 0 Å². The summed E-state index contributed by atoms with van der Waals surface area (Å²) >= 11 is 7.01. The second-order valence-corrected chi connectivity index (χ2v) is 6.63. The van der Waals surface area contributed by atoms with Crippen molar-refractivity contribution < 1.29 is 15.0 Å². The second-order valence-electron chi connectivity index (χ2n) is 5.19. The lowest BCUT2D eigenvalue weighted by atomic mass is 10.2. The summed E-state index contributed by atoms with van der Waals surface area (Å²) in [5, 5.41) is 22.2. The summed E-state index contributed by atoms with van der Waals surface area (Å²) in [5.41, 5.74) is 2.34. The number of aromatic hydroxyl groups is 2. The molecule has 122 valence electrons. The number of phenols is 2. The Labute approximate surface area is 147 Å². The van der Waals surface area contributed by atoms with Crippen LogP contribution in [0.4, 0.5) is 5.69 Å². The summed E-state index contributed by atoms with van der Waals surface area (Å²) in [6, 6.07) is 10.4. The minimum absolute atomic E-state index is 0.0129. The number of carbonyl (C=O) groups is 1. The third-order valence-corrected chi connectivity index (χ3v) is 4.44. The number of carbonyl (C=O) groups excluding carboxylic acids is 1. The Balaban J connectivity index is 1.87. The molecule has 0 aromatic heterocycles. The van der Waals surface area contributed by atoms with E-state index in [4.69, 9.17) is 11.6 Å². The van der Waals surface area contributed by atoms with Crippen LogP contribution in [0.5, 0.6) is 11.5 Å². The number of aryl methyl sites for hydroxylation is 1. The maximum absolute atomic E-state index is 12.1. The van der Waals surface area contributed by atoms with Crippen molar-refractivity contribution in [2.45, 2.75) is 6.92 Å². The predicted molar refractivity (Wildman–Crippen MR) is 96.8 cm³/mol. The Morgan fingerprint density at radius 2 is 2.04 bits per heavy atom. The predicted octanol–water partition coefficient (Wildman–Crippen LogP) is 3.95. The number of nitrogens with zero attached hydrogens (tertiary/aromatic N) is 1. The first-order valence-electron chi connectivity index (χ1n) is 7.00. The van der Waals surface area contributed by atoms with E-state index in [1.54, 1.807) is 6.08 Å². The van der Waals surface area contributed by atoms with E-state index in [2.05, 4.69) is 10.3 Å². The number of amidine groups is 1. The number of nitrogens with one attached hydrogen (secondary N) is 1. The van der Waals surface area contributed by atoms with Gasteiger partial charge in [0.05, 0.1) is 15.6 Å². The van der Waals surface area contributed by atoms with E-state index in [9.17, 15) is 15.0 Å². The van der Waals surface area contributed by atoms with Crippen LogP contribution in [0.2, 0.25) is 5.02 Å². The van der Waals surface area contributed by atoms with Crippen molar-refractivity contribution in [3.8, 4) is 11.5 Å². The molecule has 24 heavy (non-hydrogen) atoms. The van der Waals surface area contributed by atoms with Crippen LogP contribution >= 0.6 is 23.4 Å². The molecule has 2 aromatic rings. The number of thioether (sulfide) groups is 1. The van der Waals surface area contributed by atoms with Gasteiger partial charge < -0.3 is 15.5 Å². The summed E-state index contributed by atoms with van der Waals surface area (Å²) in [6.07, 6.45) is 1.57. The average molecular weight is 361 g/mol. The normalized spacial score (nSPS) is 17.5. The molecule has 3 rings (SSSR count). The van der Waals surface area contributed by atoms with Gasteiger partial charge in [0, 0.05) is 0 Å². The Morgan fingerprint density at radius 3 is 2.75 bits per heavy atom. The van der Waals surface area contributed by atoms with Crippen LogP contribution in [-0.2, 0) is 4.79 Å². The molecule has 0 unspecified atom stereocenters. The van der Waals surface area contributed by atoms with E-state index in [0.29, 0.717) is 15.6 Å². The van der Waals surface area contributed by atoms with Crippen LogP contribution in [0.25, 0.3) is 6.08 Å². The summed E-state index contributed by atoms with van der Waals surface area (Å²) in [5.74, 6) is -1.01. The van der Waals surface area contributed by atoms with Gasteiger partial charge in [0.2, 0.25) is 0 Å². The van der Waals surface area contributed by atoms with E-state index < -0.39 is 0 Å². The third-order valence-electron chi connectivity index (χ3n) is 3.25. The Morgan fingerprint density at radius 1 is 1.25 bits per heavy atom. The molecular weight excluding hydrogens is 348 g/mol. The van der Waals surface area contributed by atoms with Gasteiger partial charge in [-0.3, -0.25) is 4.79 Å². The average Bonchev–Trinajstić information content (AvgIpc) is 2.84. The summed E-state index contributed by atoms with van der Waals surface area (Å²) < 4.78 is 0. The summed E-state index contributed by atoms with van der Waals surface area (Å²) in [4.78, 5) is 16.9. The SMILES string of the molecule is Cc1cccc(N=C2NC(=O)/C(=C\c3cc(O)c(O)c(Cl)c3)S2)c1. The quantitative estimate of drug-likeness (QED) is 0.559. The molecule has 5 nitrogen and oxygen atoms in total. The number of phenolic OH excluding ortho intramolecular Hbond substituents is 2. The van der Waals surface area contributed by atoms with Gasteiger partial charge in [-0.1, -0.05) is 23.7 Å². The van der Waals surface area contributed by atoms with E-state index in [-0.39, 0.29) is 22.4 Å². The van der Waals surface area contributed by atoms with Crippen molar-refractivity contribution in [3.63, 3.8) is 0 Å². The molecule has 0 aliphatic carbocycles. The van der Waals surface area contributed by atoms with Crippen molar-refractivity contribution >= 4 is 46.2 Å². The molecule has 1 aliphatic heterocycles. The third kappa shape index (κ3) is 3.55. The molecule has 0 spiro atoms. The number of amides is 1. The molecule has 2 aromatic carbocycles. The lowest BCUT2D eigenvalue weighted by Gasteiger charge is -2.02. The minimum atomic E-state index is -0.385. The molecule has 0 saturated carbocycles. The van der Waals surface area contributed by atoms with Gasteiger partial charge in [0.15, 0.2) is 16.7 Å². The maximum atomic E-state index is 12.1. The van der Waals surface area contributed by atoms with Gasteiger partial charge in [-0.05, 0) is 60.2 Å². The van der Waals surface area contributed by atoms with Crippen LogP contribution in [0, 0.1) is 6.92 Å². The molecular formula is C17H13ClN2O3S. The summed E-state index contributed by atoms with van der Waals surface area (Å²) in [6.45, 7) is 1.97. The van der Waals surface area contributed by atoms with Gasteiger partial charge in [0.25, 0.3) is 5.91 Å². The highest BCUT2D eigenvalue weighted by molar-refractivity contribution is 8.18. The smallest absolute Gasteiger partial charge is 0.264 e. The van der Waals surface area contributed by atoms with Crippen LogP contribution in [0.15, 0.2) is 46.3 Å². The highest BCUT2D eigenvalue weighted by atomic mass is 35.5. The van der Waals surface area contributed by atoms with Gasteiger partial charge >= 0.3 is 0 Å². The van der Waals surface area contributed by atoms with Crippen molar-refractivity contribution in [2.75, 3.05) is 0 Å². The Bertz CT molecular complexity index is 870. The Kier molecular flexibility index (Phi) is 4.51. The number of halogens is 1. The van der Waals surface area contributed by atoms with Gasteiger partial charge in [-0.25, -0.2) is 4.99 Å². The summed E-state index contributed by atoms with van der Waals surface area (Å²) in [7, 11) is 0. The number of benzene rings is 2. The number of hydrogen-bond acceptors (Lipinski definition) is 5. The highest BCUT2D eigenvalue weighted by Gasteiger charge is 2.24. The fourth-order valence-electron chi connectivity index (χ4n) is 2.13. The molecule has 3 N–H and O–H groups in total. The van der Waals surface area contributed by atoms with E-state index in [1.807, 2.05) is 31.2 Å². The zero-order valence-electron chi connectivity index (χ0n) is 12.6. The molecule has 0 atom stereocenters. The van der Waals surface area contributed by atoms with E-state index in [1.165, 1.54) is 23.9 Å². The second kappa shape index (κ2) is 6.59. The Hall–Kier alpha value is -2.44. The van der Waals surface area contributed by atoms with E-state index in [0.717, 1.165) is 11.3 Å². The molecule has 1 aliphatic rings. The number of rotatable bonds is 2. The van der Waals surface area contributed by atoms with Crippen LogP contribution < -0.4 is 5.32 Å². The molecule has 0 radical (unpaired) electrons. The first kappa shape index (κ1) is 16.4. The first-order chi connectivity index (χ1) is 11.4.